The molecular weight excluding hydrogens is 252 g/mol. The van der Waals surface area contributed by atoms with Crippen LogP contribution < -0.4 is 0 Å². The van der Waals surface area contributed by atoms with E-state index in [1.54, 1.807) is 6.08 Å². The first-order valence-corrected chi connectivity index (χ1v) is 7.00. The van der Waals surface area contributed by atoms with Gasteiger partial charge in [0.05, 0.1) is 6.10 Å². The smallest absolute Gasteiger partial charge is 0.330 e. The van der Waals surface area contributed by atoms with E-state index in [0.717, 1.165) is 12.8 Å². The Balaban J connectivity index is 1.69. The van der Waals surface area contributed by atoms with Gasteiger partial charge in [-0.25, -0.2) is 4.79 Å². The maximum atomic E-state index is 11.0. The molecule has 2 rings (SSSR count). The molecule has 1 aromatic carbocycles. The number of rotatable bonds is 6. The fraction of sp³-hybridized carbons (Fsp3) is 0.353. The van der Waals surface area contributed by atoms with Gasteiger partial charge in [0.15, 0.2) is 0 Å². The SMILES string of the molecule is O=C1C=CC[C@H](C/C=C/[C@H](O)CCc2ccccc2)O1. The lowest BCUT2D eigenvalue weighted by Crippen LogP contribution is -2.19. The predicted molar refractivity (Wildman–Crippen MR) is 78.2 cm³/mol. The zero-order valence-corrected chi connectivity index (χ0v) is 11.4. The van der Waals surface area contributed by atoms with Gasteiger partial charge in [-0.2, -0.15) is 0 Å². The fourth-order valence-electron chi connectivity index (χ4n) is 2.15. The van der Waals surface area contributed by atoms with Crippen LogP contribution in [0, 0.1) is 0 Å². The Morgan fingerprint density at radius 1 is 1.35 bits per heavy atom. The van der Waals surface area contributed by atoms with Crippen molar-refractivity contribution in [3.8, 4) is 0 Å². The minimum atomic E-state index is -0.454. The van der Waals surface area contributed by atoms with E-state index in [1.165, 1.54) is 11.6 Å². The highest BCUT2D eigenvalue weighted by molar-refractivity contribution is 5.82. The molecule has 106 valence electrons. The molecule has 3 nitrogen and oxygen atoms in total. The van der Waals surface area contributed by atoms with Crippen molar-refractivity contribution in [2.75, 3.05) is 0 Å². The van der Waals surface area contributed by atoms with Gasteiger partial charge in [-0.05, 0) is 18.4 Å². The van der Waals surface area contributed by atoms with Crippen molar-refractivity contribution >= 4 is 5.97 Å². The third kappa shape index (κ3) is 5.02. The standard InChI is InChI=1S/C17H20O3/c18-15(13-12-14-6-2-1-3-7-14)8-4-9-16-10-5-11-17(19)20-16/h1-8,11,15-16,18H,9-10,12-13H2/b8-4+/t15-,16-/m0/s1. The van der Waals surface area contributed by atoms with Gasteiger partial charge in [-0.3, -0.25) is 0 Å². The van der Waals surface area contributed by atoms with E-state index < -0.39 is 6.10 Å². The number of carbonyl (C=O) groups is 1. The second kappa shape index (κ2) is 7.65. The fourth-order valence-corrected chi connectivity index (χ4v) is 2.15. The number of ether oxygens (including phenoxy) is 1. The Labute approximate surface area is 119 Å². The lowest BCUT2D eigenvalue weighted by atomic mass is 10.1. The van der Waals surface area contributed by atoms with Crippen LogP contribution in [0.4, 0.5) is 0 Å². The zero-order valence-electron chi connectivity index (χ0n) is 11.4. The molecule has 1 aliphatic rings. The molecule has 1 aliphatic heterocycles. The van der Waals surface area contributed by atoms with Crippen LogP contribution in [0.2, 0.25) is 0 Å². The van der Waals surface area contributed by atoms with E-state index in [2.05, 4.69) is 12.1 Å². The summed E-state index contributed by atoms with van der Waals surface area (Å²) in [4.78, 5) is 11.0. The van der Waals surface area contributed by atoms with E-state index in [1.807, 2.05) is 30.4 Å². The van der Waals surface area contributed by atoms with Gasteiger partial charge in [0.1, 0.15) is 6.10 Å². The molecule has 3 heteroatoms. The van der Waals surface area contributed by atoms with Gasteiger partial charge in [0.2, 0.25) is 0 Å². The summed E-state index contributed by atoms with van der Waals surface area (Å²) in [6.07, 6.45) is 9.37. The minimum Gasteiger partial charge on any atom is -0.459 e. The highest BCUT2D eigenvalue weighted by atomic mass is 16.5. The topological polar surface area (TPSA) is 46.5 Å². The van der Waals surface area contributed by atoms with Crippen LogP contribution in [-0.2, 0) is 16.0 Å². The van der Waals surface area contributed by atoms with E-state index >= 15 is 0 Å². The minimum absolute atomic E-state index is 0.0925. The van der Waals surface area contributed by atoms with Crippen LogP contribution in [0.25, 0.3) is 0 Å². The summed E-state index contributed by atoms with van der Waals surface area (Å²) in [7, 11) is 0. The van der Waals surface area contributed by atoms with Crippen molar-refractivity contribution < 1.29 is 14.6 Å². The molecule has 1 heterocycles. The van der Waals surface area contributed by atoms with Crippen LogP contribution in [-0.4, -0.2) is 23.3 Å². The monoisotopic (exact) mass is 272 g/mol. The average Bonchev–Trinajstić information content (AvgIpc) is 2.46. The molecule has 1 N–H and O–H groups in total. The van der Waals surface area contributed by atoms with Gasteiger partial charge in [0, 0.05) is 18.9 Å². The number of aliphatic hydroxyl groups excluding tert-OH is 1. The molecule has 0 unspecified atom stereocenters. The summed E-state index contributed by atoms with van der Waals surface area (Å²) in [5, 5.41) is 9.88. The lowest BCUT2D eigenvalue weighted by Gasteiger charge is -2.16. The second-order valence-corrected chi connectivity index (χ2v) is 4.95. The molecule has 0 bridgehead atoms. The van der Waals surface area contributed by atoms with Gasteiger partial charge in [-0.1, -0.05) is 48.6 Å². The van der Waals surface area contributed by atoms with Crippen LogP contribution >= 0.6 is 0 Å². The first-order valence-electron chi connectivity index (χ1n) is 7.00. The first kappa shape index (κ1) is 14.5. The highest BCUT2D eigenvalue weighted by Crippen LogP contribution is 2.12. The quantitative estimate of drug-likeness (QED) is 0.640. The molecule has 0 saturated carbocycles. The third-order valence-corrected chi connectivity index (χ3v) is 3.26. The molecule has 0 spiro atoms. The van der Waals surface area contributed by atoms with Gasteiger partial charge in [-0.15, -0.1) is 0 Å². The van der Waals surface area contributed by atoms with Crippen molar-refractivity contribution in [3.63, 3.8) is 0 Å². The van der Waals surface area contributed by atoms with Crippen LogP contribution in [0.5, 0.6) is 0 Å². The number of carbonyl (C=O) groups excluding carboxylic acids is 1. The number of hydrogen-bond donors (Lipinski definition) is 1. The molecular formula is C17H20O3. The largest absolute Gasteiger partial charge is 0.459 e. The Morgan fingerprint density at radius 3 is 2.90 bits per heavy atom. The Kier molecular flexibility index (Phi) is 5.56. The van der Waals surface area contributed by atoms with Gasteiger partial charge >= 0.3 is 5.97 Å². The summed E-state index contributed by atoms with van der Waals surface area (Å²) < 4.78 is 5.14. The van der Waals surface area contributed by atoms with Gasteiger partial charge in [0.25, 0.3) is 0 Å². The number of hydrogen-bond acceptors (Lipinski definition) is 3. The third-order valence-electron chi connectivity index (χ3n) is 3.26. The average molecular weight is 272 g/mol. The van der Waals surface area contributed by atoms with E-state index in [-0.39, 0.29) is 12.1 Å². The number of esters is 1. The van der Waals surface area contributed by atoms with Gasteiger partial charge < -0.3 is 9.84 Å². The summed E-state index contributed by atoms with van der Waals surface area (Å²) in [5.41, 5.74) is 1.23. The molecule has 0 aliphatic carbocycles. The predicted octanol–water partition coefficient (Wildman–Crippen LogP) is 2.80. The lowest BCUT2D eigenvalue weighted by molar-refractivity contribution is -0.143. The number of benzene rings is 1. The summed E-state index contributed by atoms with van der Waals surface area (Å²) in [5.74, 6) is -0.278. The van der Waals surface area contributed by atoms with Crippen molar-refractivity contribution in [3.05, 3.63) is 60.2 Å². The summed E-state index contributed by atoms with van der Waals surface area (Å²) in [6, 6.07) is 10.1. The maximum absolute atomic E-state index is 11.0. The van der Waals surface area contributed by atoms with E-state index in [9.17, 15) is 9.90 Å². The Morgan fingerprint density at radius 2 is 2.15 bits per heavy atom. The van der Waals surface area contributed by atoms with E-state index in [0.29, 0.717) is 12.8 Å². The molecule has 0 fully saturated rings. The van der Waals surface area contributed by atoms with Crippen molar-refractivity contribution in [2.45, 2.75) is 37.9 Å². The van der Waals surface area contributed by atoms with E-state index in [4.69, 9.17) is 4.74 Å². The molecule has 2 atom stereocenters. The number of cyclic esters (lactones) is 1. The second-order valence-electron chi connectivity index (χ2n) is 4.95. The highest BCUT2D eigenvalue weighted by Gasteiger charge is 2.14. The zero-order chi connectivity index (χ0) is 14.2. The van der Waals surface area contributed by atoms with Crippen molar-refractivity contribution in [2.24, 2.45) is 0 Å². The molecule has 20 heavy (non-hydrogen) atoms. The van der Waals surface area contributed by atoms with Crippen LogP contribution in [0.15, 0.2) is 54.6 Å². The van der Waals surface area contributed by atoms with Crippen LogP contribution in [0.1, 0.15) is 24.8 Å². The summed E-state index contributed by atoms with van der Waals surface area (Å²) in [6.45, 7) is 0. The van der Waals surface area contributed by atoms with Crippen molar-refractivity contribution in [1.82, 2.24) is 0 Å². The molecule has 1 aromatic rings. The Hall–Kier alpha value is -1.87. The van der Waals surface area contributed by atoms with Crippen LogP contribution in [0.3, 0.4) is 0 Å². The summed E-state index contributed by atoms with van der Waals surface area (Å²) >= 11 is 0. The normalized spacial score (nSPS) is 20.1. The number of aliphatic hydroxyl groups is 1. The molecule has 0 radical (unpaired) electrons. The first-order chi connectivity index (χ1) is 9.74. The maximum Gasteiger partial charge on any atom is 0.330 e. The Bertz CT molecular complexity index is 476. The number of aryl methyl sites for hydroxylation is 1. The molecule has 0 aromatic heterocycles. The van der Waals surface area contributed by atoms with Crippen molar-refractivity contribution in [1.29, 1.82) is 0 Å². The molecule has 0 amide bonds. The molecule has 0 saturated heterocycles.